The molecule has 0 spiro atoms. The SMILES string of the molecule is CC1C=CN=NC1=O. The number of hydrogen-bond acceptors (Lipinski definition) is 2. The Morgan fingerprint density at radius 3 is 2.88 bits per heavy atom. The van der Waals surface area contributed by atoms with Crippen LogP contribution in [0.1, 0.15) is 6.92 Å². The second-order valence-corrected chi connectivity index (χ2v) is 1.68. The summed E-state index contributed by atoms with van der Waals surface area (Å²) in [5.74, 6) is -0.236. The number of amides is 1. The van der Waals surface area contributed by atoms with Crippen LogP contribution in [0.4, 0.5) is 0 Å². The molecule has 1 heterocycles. The van der Waals surface area contributed by atoms with Gasteiger partial charge in [-0.15, -0.1) is 5.11 Å². The monoisotopic (exact) mass is 110 g/mol. The predicted molar refractivity (Wildman–Crippen MR) is 28.2 cm³/mol. The topological polar surface area (TPSA) is 41.8 Å². The molecule has 0 radical (unpaired) electrons. The Morgan fingerprint density at radius 1 is 1.75 bits per heavy atom. The fraction of sp³-hybridized carbons (Fsp3) is 0.400. The fourth-order valence-electron chi connectivity index (χ4n) is 0.431. The lowest BCUT2D eigenvalue weighted by atomic mass is 10.1. The molecule has 1 unspecified atom stereocenters. The van der Waals surface area contributed by atoms with Crippen molar-refractivity contribution in [2.24, 2.45) is 16.1 Å². The van der Waals surface area contributed by atoms with Gasteiger partial charge in [-0.2, -0.15) is 5.11 Å². The van der Waals surface area contributed by atoms with Gasteiger partial charge in [-0.3, -0.25) is 4.79 Å². The van der Waals surface area contributed by atoms with Crippen LogP contribution in [0.15, 0.2) is 22.5 Å². The highest BCUT2D eigenvalue weighted by atomic mass is 16.1. The van der Waals surface area contributed by atoms with Crippen LogP contribution in [-0.4, -0.2) is 5.91 Å². The van der Waals surface area contributed by atoms with E-state index in [1.807, 2.05) is 0 Å². The maximum atomic E-state index is 10.5. The summed E-state index contributed by atoms with van der Waals surface area (Å²) in [6.45, 7) is 1.79. The summed E-state index contributed by atoms with van der Waals surface area (Å²) >= 11 is 0. The van der Waals surface area contributed by atoms with Gasteiger partial charge in [-0.25, -0.2) is 0 Å². The predicted octanol–water partition coefficient (Wildman–Crippen LogP) is 1.13. The molecule has 1 aliphatic rings. The quantitative estimate of drug-likeness (QED) is 0.460. The standard InChI is InChI=1S/C5H6N2O/c1-4-2-3-6-7-5(4)8/h2-4H,1H3. The number of hydrogen-bond donors (Lipinski definition) is 0. The summed E-state index contributed by atoms with van der Waals surface area (Å²) in [4.78, 5) is 10.5. The number of azo groups is 1. The molecular weight excluding hydrogens is 104 g/mol. The highest BCUT2D eigenvalue weighted by Gasteiger charge is 2.09. The van der Waals surface area contributed by atoms with E-state index in [9.17, 15) is 4.79 Å². The Bertz CT molecular complexity index is 160. The van der Waals surface area contributed by atoms with Crippen molar-refractivity contribution in [3.8, 4) is 0 Å². The average Bonchev–Trinajstić information content (AvgIpc) is 1.77. The van der Waals surface area contributed by atoms with Gasteiger partial charge >= 0.3 is 0 Å². The van der Waals surface area contributed by atoms with E-state index in [1.54, 1.807) is 13.0 Å². The van der Waals surface area contributed by atoms with E-state index in [4.69, 9.17) is 0 Å². The van der Waals surface area contributed by atoms with Crippen molar-refractivity contribution >= 4 is 5.91 Å². The second-order valence-electron chi connectivity index (χ2n) is 1.68. The highest BCUT2D eigenvalue weighted by Crippen LogP contribution is 2.05. The molecule has 0 aromatic carbocycles. The van der Waals surface area contributed by atoms with Crippen LogP contribution in [0.5, 0.6) is 0 Å². The first-order chi connectivity index (χ1) is 3.80. The summed E-state index contributed by atoms with van der Waals surface area (Å²) in [5, 5.41) is 6.71. The molecule has 0 N–H and O–H groups in total. The lowest BCUT2D eigenvalue weighted by molar-refractivity contribution is -0.120. The summed E-state index contributed by atoms with van der Waals surface area (Å²) in [6, 6.07) is 0. The largest absolute Gasteiger partial charge is 0.271 e. The molecule has 0 aliphatic carbocycles. The average molecular weight is 110 g/mol. The van der Waals surface area contributed by atoms with Gasteiger partial charge in [0, 0.05) is 6.20 Å². The van der Waals surface area contributed by atoms with Crippen molar-refractivity contribution in [3.63, 3.8) is 0 Å². The van der Waals surface area contributed by atoms with Crippen LogP contribution in [0, 0.1) is 5.92 Å². The van der Waals surface area contributed by atoms with Crippen molar-refractivity contribution in [2.45, 2.75) is 6.92 Å². The maximum absolute atomic E-state index is 10.5. The molecule has 1 aliphatic heterocycles. The Morgan fingerprint density at radius 2 is 2.50 bits per heavy atom. The lowest BCUT2D eigenvalue weighted by Crippen LogP contribution is -2.05. The normalized spacial score (nSPS) is 26.6. The van der Waals surface area contributed by atoms with Crippen LogP contribution in [0.2, 0.25) is 0 Å². The van der Waals surface area contributed by atoms with Gasteiger partial charge in [0.05, 0.1) is 5.92 Å². The molecule has 3 nitrogen and oxygen atoms in total. The maximum Gasteiger partial charge on any atom is 0.271 e. The smallest absolute Gasteiger partial charge is 0.270 e. The van der Waals surface area contributed by atoms with Crippen molar-refractivity contribution in [3.05, 3.63) is 12.3 Å². The number of nitrogens with zero attached hydrogens (tertiary/aromatic N) is 2. The second kappa shape index (κ2) is 1.86. The first-order valence-corrected chi connectivity index (χ1v) is 2.42. The molecule has 1 rings (SSSR count). The fourth-order valence-corrected chi connectivity index (χ4v) is 0.431. The molecule has 0 bridgehead atoms. The van der Waals surface area contributed by atoms with Crippen LogP contribution in [-0.2, 0) is 4.79 Å². The van der Waals surface area contributed by atoms with E-state index >= 15 is 0 Å². The van der Waals surface area contributed by atoms with E-state index < -0.39 is 0 Å². The Labute approximate surface area is 47.1 Å². The molecule has 0 saturated carbocycles. The summed E-state index contributed by atoms with van der Waals surface area (Å²) in [6.07, 6.45) is 3.25. The Balaban J connectivity index is 2.74. The van der Waals surface area contributed by atoms with Crippen molar-refractivity contribution in [1.29, 1.82) is 0 Å². The van der Waals surface area contributed by atoms with E-state index in [0.29, 0.717) is 0 Å². The Kier molecular flexibility index (Phi) is 1.20. The van der Waals surface area contributed by atoms with Gasteiger partial charge in [0.2, 0.25) is 0 Å². The van der Waals surface area contributed by atoms with Crippen molar-refractivity contribution < 1.29 is 4.79 Å². The Hall–Kier alpha value is -0.990. The third-order valence-corrected chi connectivity index (χ3v) is 0.987. The van der Waals surface area contributed by atoms with E-state index in [-0.39, 0.29) is 11.8 Å². The first kappa shape index (κ1) is 5.15. The molecular formula is C5H6N2O. The third kappa shape index (κ3) is 0.804. The minimum atomic E-state index is -0.160. The molecule has 0 aromatic heterocycles. The van der Waals surface area contributed by atoms with Gasteiger partial charge < -0.3 is 0 Å². The molecule has 8 heavy (non-hydrogen) atoms. The van der Waals surface area contributed by atoms with Crippen LogP contribution >= 0.6 is 0 Å². The lowest BCUT2D eigenvalue weighted by Gasteiger charge is -1.99. The molecule has 1 atom stereocenters. The zero-order valence-corrected chi connectivity index (χ0v) is 4.53. The summed E-state index contributed by atoms with van der Waals surface area (Å²) in [5.41, 5.74) is 0. The van der Waals surface area contributed by atoms with Gasteiger partial charge in [0.25, 0.3) is 5.91 Å². The number of carbonyl (C=O) groups excluding carboxylic acids is 1. The zero-order valence-electron chi connectivity index (χ0n) is 4.53. The highest BCUT2D eigenvalue weighted by molar-refractivity contribution is 5.80. The molecule has 1 amide bonds. The van der Waals surface area contributed by atoms with E-state index in [2.05, 4.69) is 10.2 Å². The minimum absolute atomic E-state index is 0.0764. The van der Waals surface area contributed by atoms with Gasteiger partial charge in [0.1, 0.15) is 0 Å². The third-order valence-electron chi connectivity index (χ3n) is 0.987. The van der Waals surface area contributed by atoms with Crippen LogP contribution in [0.25, 0.3) is 0 Å². The van der Waals surface area contributed by atoms with E-state index in [1.165, 1.54) is 6.20 Å². The molecule has 0 fully saturated rings. The van der Waals surface area contributed by atoms with E-state index in [0.717, 1.165) is 0 Å². The molecule has 0 saturated heterocycles. The van der Waals surface area contributed by atoms with Gasteiger partial charge in [0.15, 0.2) is 0 Å². The minimum Gasteiger partial charge on any atom is -0.270 e. The van der Waals surface area contributed by atoms with Crippen LogP contribution in [0.3, 0.4) is 0 Å². The van der Waals surface area contributed by atoms with Crippen LogP contribution < -0.4 is 0 Å². The molecule has 0 aromatic rings. The summed E-state index contributed by atoms with van der Waals surface area (Å²) in [7, 11) is 0. The number of carbonyl (C=O) groups is 1. The molecule has 42 valence electrons. The summed E-state index contributed by atoms with van der Waals surface area (Å²) < 4.78 is 0. The zero-order chi connectivity index (χ0) is 5.98. The van der Waals surface area contributed by atoms with Gasteiger partial charge in [-0.1, -0.05) is 6.08 Å². The van der Waals surface area contributed by atoms with Gasteiger partial charge in [-0.05, 0) is 6.92 Å². The van der Waals surface area contributed by atoms with Crippen molar-refractivity contribution in [2.75, 3.05) is 0 Å². The first-order valence-electron chi connectivity index (χ1n) is 2.42. The molecule has 3 heteroatoms. The number of rotatable bonds is 0. The van der Waals surface area contributed by atoms with Crippen molar-refractivity contribution in [1.82, 2.24) is 0 Å².